The summed E-state index contributed by atoms with van der Waals surface area (Å²) in [5.41, 5.74) is 11.6. The molecule has 8 bridgehead atoms. The molecule has 0 unspecified atom stereocenters. The molecule has 0 saturated heterocycles. The van der Waals surface area contributed by atoms with Crippen molar-refractivity contribution in [3.63, 3.8) is 0 Å². The number of ether oxygens (including phenoxy) is 2. The van der Waals surface area contributed by atoms with Gasteiger partial charge in [-0.2, -0.15) is 9.44 Å². The maximum atomic E-state index is 14.3. The number of nitrogens with one attached hydrogen (secondary N) is 4. The van der Waals surface area contributed by atoms with Crippen molar-refractivity contribution in [1.29, 1.82) is 0 Å². The van der Waals surface area contributed by atoms with E-state index in [1.807, 2.05) is 74.5 Å². The van der Waals surface area contributed by atoms with E-state index in [0.717, 1.165) is 66.8 Å². The van der Waals surface area contributed by atoms with Crippen molar-refractivity contribution in [2.45, 2.75) is 179 Å². The number of phenols is 2. The Labute approximate surface area is 569 Å². The lowest BCUT2D eigenvalue weighted by atomic mass is 9.79. The van der Waals surface area contributed by atoms with Crippen molar-refractivity contribution < 1.29 is 46.1 Å². The van der Waals surface area contributed by atoms with Gasteiger partial charge in [-0.1, -0.05) is 228 Å². The number of amides is 2. The fourth-order valence-electron chi connectivity index (χ4n) is 11.9. The molecule has 96 heavy (non-hydrogen) atoms. The third-order valence-corrected chi connectivity index (χ3v) is 20.7. The van der Waals surface area contributed by atoms with Crippen LogP contribution >= 0.6 is 0 Å². The van der Waals surface area contributed by atoms with E-state index >= 15 is 0 Å². The normalized spacial score (nSPS) is 13.7. The lowest BCUT2D eigenvalue weighted by Crippen LogP contribution is -2.48. The van der Waals surface area contributed by atoms with Crippen LogP contribution in [-0.4, -0.2) is 77.2 Å². The summed E-state index contributed by atoms with van der Waals surface area (Å²) in [6.45, 7) is 29.5. The van der Waals surface area contributed by atoms with Gasteiger partial charge in [0, 0.05) is 25.7 Å². The third kappa shape index (κ3) is 18.2. The highest BCUT2D eigenvalue weighted by Gasteiger charge is 2.32. The highest BCUT2D eigenvalue weighted by Crippen LogP contribution is 2.44. The molecule has 0 heterocycles. The number of sulfonamides is 2. The largest absolute Gasteiger partial charge is 0.507 e. The predicted molar refractivity (Wildman–Crippen MR) is 383 cm³/mol. The smallest absolute Gasteiger partial charge is 0.241 e. The third-order valence-electron chi connectivity index (χ3n) is 17.8. The van der Waals surface area contributed by atoms with Crippen molar-refractivity contribution in [2.24, 2.45) is 0 Å². The monoisotopic (exact) mass is 1340 g/mol. The number of aromatic hydroxyl groups is 2. The summed E-state index contributed by atoms with van der Waals surface area (Å²) in [6, 6.07) is 45.9. The molecule has 16 heteroatoms. The quantitative estimate of drug-likeness (QED) is 0.0398. The minimum absolute atomic E-state index is 0.00993. The molecule has 0 saturated carbocycles. The Morgan fingerprint density at radius 1 is 0.406 bits per heavy atom. The van der Waals surface area contributed by atoms with Crippen LogP contribution in [0.4, 0.5) is 0 Å². The summed E-state index contributed by atoms with van der Waals surface area (Å²) < 4.78 is 74.7. The van der Waals surface area contributed by atoms with Gasteiger partial charge in [-0.05, 0) is 151 Å². The van der Waals surface area contributed by atoms with Crippen LogP contribution < -0.4 is 29.6 Å². The molecule has 0 aliphatic heterocycles. The second-order valence-electron chi connectivity index (χ2n) is 29.9. The fourth-order valence-corrected chi connectivity index (χ4v) is 14.3. The maximum Gasteiger partial charge on any atom is 0.241 e. The minimum Gasteiger partial charge on any atom is -0.507 e. The van der Waals surface area contributed by atoms with Gasteiger partial charge in [0.05, 0.1) is 22.9 Å². The molecule has 0 aromatic heterocycles. The van der Waals surface area contributed by atoms with Gasteiger partial charge in [0.2, 0.25) is 31.9 Å². The molecule has 8 aromatic rings. The molecule has 508 valence electrons. The summed E-state index contributed by atoms with van der Waals surface area (Å²) in [6.07, 6.45) is 1.09. The SMILES string of the molecule is Cc1ccc(S(=O)(=O)N[C@@H](Cc2ccccc2)C(=O)NCCOc2c3cc(C(C)(C)C)cc2Cc2cc(C(C)(C)C)cc(c2O)Cc2cc(C(C)(C)C)cc(c2OCCNC(=O)[C@H](Cc2ccccc2)NS(=O)(=O)c2ccc(C)cc2)Cc2cc(C(C)(C)C)cc(c2O)C3)cc1. The van der Waals surface area contributed by atoms with Gasteiger partial charge in [-0.15, -0.1) is 0 Å². The standard InChI is InChI=1S/C80H96N4O10S2/c1-51-25-29-67(30-26-51)95(89,90)83-69(37-53-21-17-15-18-22-53)75(87)81-33-35-93-73-59-39-55-43-63(77(3,4)5)45-57(71(55)85)41-61-49-66(80(12,13)14)50-62(42-58-46-64(78(6,7)8)44-56(72(58)86)40-60(73)48-65(47-59)79(9,10)11)74(61)94-36-34-82-76(88)70(38-54-23-19-16-20-24-54)84-96(91,92)68-31-27-52(2)28-32-68/h15-32,43-50,69-70,83-86H,33-42H2,1-14H3,(H,81,87)(H,82,88)/t69-,70-/m0/s1. The molecule has 14 nitrogen and oxygen atoms in total. The number of aryl methyl sites for hydroxylation is 2. The van der Waals surface area contributed by atoms with Gasteiger partial charge < -0.3 is 30.3 Å². The fraction of sp³-hybridized carbons (Fsp3) is 0.375. The first kappa shape index (κ1) is 72.0. The molecule has 0 fully saturated rings. The van der Waals surface area contributed by atoms with Gasteiger partial charge in [-0.3, -0.25) is 9.59 Å². The second-order valence-corrected chi connectivity index (χ2v) is 33.3. The van der Waals surface area contributed by atoms with E-state index < -0.39 is 43.9 Å². The summed E-state index contributed by atoms with van der Waals surface area (Å²) >= 11 is 0. The zero-order valence-electron chi connectivity index (χ0n) is 58.2. The minimum atomic E-state index is -4.11. The van der Waals surface area contributed by atoms with Gasteiger partial charge >= 0.3 is 0 Å². The summed E-state index contributed by atoms with van der Waals surface area (Å²) in [5.74, 6) is 0.218. The number of carbonyl (C=O) groups excluding carboxylic acids is 2. The molecular formula is C80H96N4O10S2. The Morgan fingerprint density at radius 3 is 0.927 bits per heavy atom. The van der Waals surface area contributed by atoms with Crippen molar-refractivity contribution >= 4 is 31.9 Å². The molecular weight excluding hydrogens is 1240 g/mol. The number of phenolic OH excluding ortho intramolecular Hbond substituents is 2. The Kier molecular flexibility index (Phi) is 21.9. The molecule has 2 atom stereocenters. The van der Waals surface area contributed by atoms with Gasteiger partial charge in [0.25, 0.3) is 0 Å². The van der Waals surface area contributed by atoms with Crippen molar-refractivity contribution in [2.75, 3.05) is 26.3 Å². The second kappa shape index (κ2) is 29.2. The van der Waals surface area contributed by atoms with Crippen molar-refractivity contribution in [1.82, 2.24) is 20.1 Å². The number of hydrogen-bond donors (Lipinski definition) is 6. The van der Waals surface area contributed by atoms with Crippen LogP contribution in [0.1, 0.15) is 172 Å². The van der Waals surface area contributed by atoms with Crippen LogP contribution in [0.5, 0.6) is 23.0 Å². The average Bonchev–Trinajstić information content (AvgIpc) is 0.803. The molecule has 6 N–H and O–H groups in total. The number of benzene rings is 8. The van der Waals surface area contributed by atoms with E-state index in [1.54, 1.807) is 24.3 Å². The van der Waals surface area contributed by atoms with Crippen molar-refractivity contribution in [3.8, 4) is 23.0 Å². The van der Waals surface area contributed by atoms with E-state index in [1.165, 1.54) is 24.3 Å². The Hall–Kier alpha value is -8.28. The highest BCUT2D eigenvalue weighted by molar-refractivity contribution is 7.89. The number of rotatable bonds is 20. The zero-order chi connectivity index (χ0) is 69.7. The van der Waals surface area contributed by atoms with Crippen LogP contribution in [0, 0.1) is 13.8 Å². The van der Waals surface area contributed by atoms with Crippen molar-refractivity contribution in [3.05, 3.63) is 247 Å². The van der Waals surface area contributed by atoms with Crippen LogP contribution in [0.3, 0.4) is 0 Å². The topological polar surface area (TPSA) is 209 Å². The van der Waals surface area contributed by atoms with E-state index in [0.29, 0.717) is 33.8 Å². The lowest BCUT2D eigenvalue weighted by molar-refractivity contribution is -0.123. The lowest BCUT2D eigenvalue weighted by Gasteiger charge is -2.28. The highest BCUT2D eigenvalue weighted by atomic mass is 32.2. The molecule has 9 rings (SSSR count). The first-order valence-electron chi connectivity index (χ1n) is 33.1. The summed E-state index contributed by atoms with van der Waals surface area (Å²) in [7, 11) is -8.23. The van der Waals surface area contributed by atoms with Crippen LogP contribution in [0.25, 0.3) is 0 Å². The zero-order valence-corrected chi connectivity index (χ0v) is 59.8. The first-order chi connectivity index (χ1) is 45.0. The molecule has 2 amide bonds. The number of carbonyl (C=O) groups is 2. The molecule has 0 spiro atoms. The van der Waals surface area contributed by atoms with Crippen LogP contribution in [0.15, 0.2) is 168 Å². The molecule has 1 aliphatic rings. The van der Waals surface area contributed by atoms with E-state index in [9.17, 15) is 36.6 Å². The average molecular weight is 1340 g/mol. The number of fused-ring (bicyclic) bond motifs is 8. The van der Waals surface area contributed by atoms with Gasteiger partial charge in [-0.25, -0.2) is 16.8 Å². The van der Waals surface area contributed by atoms with Crippen LogP contribution in [0.2, 0.25) is 0 Å². The Morgan fingerprint density at radius 2 is 0.667 bits per heavy atom. The van der Waals surface area contributed by atoms with E-state index in [2.05, 4.69) is 152 Å². The van der Waals surface area contributed by atoms with E-state index in [4.69, 9.17) is 9.47 Å². The Bertz CT molecular complexity index is 3960. The maximum absolute atomic E-state index is 14.3. The predicted octanol–water partition coefficient (Wildman–Crippen LogP) is 13.8. The van der Waals surface area contributed by atoms with Crippen LogP contribution in [-0.2, 0) is 89.8 Å². The van der Waals surface area contributed by atoms with E-state index in [-0.39, 0.29) is 108 Å². The molecule has 0 radical (unpaired) electrons. The summed E-state index contributed by atoms with van der Waals surface area (Å²) in [5, 5.41) is 31.9. The molecule has 8 aromatic carbocycles. The van der Waals surface area contributed by atoms with Gasteiger partial charge in [0.15, 0.2) is 0 Å². The summed E-state index contributed by atoms with van der Waals surface area (Å²) in [4.78, 5) is 28.8. The van der Waals surface area contributed by atoms with Gasteiger partial charge in [0.1, 0.15) is 48.3 Å². The first-order valence-corrected chi connectivity index (χ1v) is 36.1. The number of hydrogen-bond acceptors (Lipinski definition) is 10. The molecule has 1 aliphatic carbocycles. The Balaban J connectivity index is 1.11.